The second-order valence-electron chi connectivity index (χ2n) is 3.72. The molecular weight excluding hydrogens is 248 g/mol. The minimum Gasteiger partial charge on any atom is -0.388 e. The van der Waals surface area contributed by atoms with E-state index in [9.17, 15) is 0 Å². The van der Waals surface area contributed by atoms with Gasteiger partial charge in [0.15, 0.2) is 0 Å². The Balaban J connectivity index is 1.79. The highest BCUT2D eigenvalue weighted by molar-refractivity contribution is 7.80. The molecule has 0 atom stereocenters. The molecule has 18 heavy (non-hydrogen) atoms. The van der Waals surface area contributed by atoms with Gasteiger partial charge in [0.25, 0.3) is 0 Å². The minimum atomic E-state index is 0.307. The average Bonchev–Trinajstić information content (AvgIpc) is 2.88. The molecule has 0 amide bonds. The van der Waals surface area contributed by atoms with Crippen LogP contribution in [0.4, 0.5) is 5.82 Å². The van der Waals surface area contributed by atoms with E-state index in [0.29, 0.717) is 10.7 Å². The van der Waals surface area contributed by atoms with Crippen LogP contribution in [0, 0.1) is 0 Å². The van der Waals surface area contributed by atoms with E-state index in [1.807, 2.05) is 18.3 Å². The Bertz CT molecular complexity index is 510. The number of anilines is 1. The number of aryl methyl sites for hydroxylation is 1. The summed E-state index contributed by atoms with van der Waals surface area (Å²) in [7, 11) is 0. The van der Waals surface area contributed by atoms with E-state index in [-0.39, 0.29) is 0 Å². The molecule has 0 saturated carbocycles. The zero-order chi connectivity index (χ0) is 12.8. The summed E-state index contributed by atoms with van der Waals surface area (Å²) in [5.41, 5.74) is 6.16. The maximum Gasteiger partial charge on any atom is 0.126 e. The van der Waals surface area contributed by atoms with Gasteiger partial charge in [-0.3, -0.25) is 4.68 Å². The zero-order valence-electron chi connectivity index (χ0n) is 9.78. The number of thiocarbonyl (C=S) groups is 1. The maximum atomic E-state index is 5.52. The first-order valence-corrected chi connectivity index (χ1v) is 6.01. The molecule has 0 unspecified atom stereocenters. The Morgan fingerprint density at radius 2 is 2.33 bits per heavy atom. The lowest BCUT2D eigenvalue weighted by molar-refractivity contribution is 0.569. The fourth-order valence-corrected chi connectivity index (χ4v) is 1.59. The van der Waals surface area contributed by atoms with Crippen LogP contribution in [0.3, 0.4) is 0 Å². The van der Waals surface area contributed by atoms with E-state index >= 15 is 0 Å². The Kier molecular flexibility index (Phi) is 4.19. The highest BCUT2D eigenvalue weighted by Gasteiger charge is 1.99. The SMILES string of the molecule is NC(=S)c1cccc(NCCCn2ccnn2)n1. The number of hydrogen-bond donors (Lipinski definition) is 2. The summed E-state index contributed by atoms with van der Waals surface area (Å²) in [6.07, 6.45) is 4.44. The standard InChI is InChI=1S/C11H14N6S/c12-11(18)9-3-1-4-10(15-9)13-5-2-7-17-8-6-14-16-17/h1,3-4,6,8H,2,5,7H2,(H2,12,18)(H,13,15). The number of nitrogens with zero attached hydrogens (tertiary/aromatic N) is 4. The van der Waals surface area contributed by atoms with Crippen molar-refractivity contribution in [2.75, 3.05) is 11.9 Å². The van der Waals surface area contributed by atoms with E-state index in [4.69, 9.17) is 18.0 Å². The highest BCUT2D eigenvalue weighted by atomic mass is 32.1. The van der Waals surface area contributed by atoms with E-state index in [2.05, 4.69) is 20.6 Å². The number of hydrogen-bond acceptors (Lipinski definition) is 5. The van der Waals surface area contributed by atoms with E-state index < -0.39 is 0 Å². The molecule has 6 nitrogen and oxygen atoms in total. The lowest BCUT2D eigenvalue weighted by Crippen LogP contribution is -2.13. The fraction of sp³-hybridized carbons (Fsp3) is 0.273. The number of rotatable bonds is 6. The first-order chi connectivity index (χ1) is 8.75. The van der Waals surface area contributed by atoms with Gasteiger partial charge in [0.05, 0.1) is 11.9 Å². The average molecular weight is 262 g/mol. The topological polar surface area (TPSA) is 81.6 Å². The quantitative estimate of drug-likeness (QED) is 0.592. The van der Waals surface area contributed by atoms with Crippen molar-refractivity contribution >= 4 is 23.0 Å². The summed E-state index contributed by atoms with van der Waals surface area (Å²) in [5.74, 6) is 0.777. The molecule has 2 aromatic heterocycles. The number of pyridine rings is 1. The van der Waals surface area contributed by atoms with Crippen LogP contribution in [0.2, 0.25) is 0 Å². The third-order valence-corrected chi connectivity index (χ3v) is 2.55. The molecule has 94 valence electrons. The van der Waals surface area contributed by atoms with Gasteiger partial charge in [0.1, 0.15) is 10.8 Å². The van der Waals surface area contributed by atoms with Gasteiger partial charge in [0.2, 0.25) is 0 Å². The second-order valence-corrected chi connectivity index (χ2v) is 4.16. The summed E-state index contributed by atoms with van der Waals surface area (Å²) in [6, 6.07) is 5.56. The van der Waals surface area contributed by atoms with E-state index in [0.717, 1.165) is 25.3 Å². The molecule has 0 spiro atoms. The van der Waals surface area contributed by atoms with Crippen molar-refractivity contribution in [3.63, 3.8) is 0 Å². The Morgan fingerprint density at radius 3 is 3.06 bits per heavy atom. The van der Waals surface area contributed by atoms with Crippen molar-refractivity contribution in [2.45, 2.75) is 13.0 Å². The van der Waals surface area contributed by atoms with Gasteiger partial charge in [-0.25, -0.2) is 4.98 Å². The molecule has 0 radical (unpaired) electrons. The van der Waals surface area contributed by atoms with Crippen LogP contribution >= 0.6 is 12.2 Å². The normalized spacial score (nSPS) is 10.2. The molecule has 7 heteroatoms. The molecule has 0 aliphatic carbocycles. The molecule has 2 aromatic rings. The summed E-state index contributed by atoms with van der Waals surface area (Å²) in [5, 5.41) is 10.8. The molecule has 0 aliphatic heterocycles. The monoisotopic (exact) mass is 262 g/mol. The summed E-state index contributed by atoms with van der Waals surface area (Å²) in [4.78, 5) is 4.60. The van der Waals surface area contributed by atoms with Crippen molar-refractivity contribution in [1.29, 1.82) is 0 Å². The predicted molar refractivity (Wildman–Crippen MR) is 73.3 cm³/mol. The molecule has 0 fully saturated rings. The molecular formula is C11H14N6S. The van der Waals surface area contributed by atoms with E-state index in [1.54, 1.807) is 16.9 Å². The molecule has 0 aromatic carbocycles. The van der Waals surface area contributed by atoms with Crippen LogP contribution in [0.5, 0.6) is 0 Å². The smallest absolute Gasteiger partial charge is 0.126 e. The van der Waals surface area contributed by atoms with Crippen molar-refractivity contribution in [3.8, 4) is 0 Å². The van der Waals surface area contributed by atoms with Crippen LogP contribution in [-0.4, -0.2) is 31.5 Å². The minimum absolute atomic E-state index is 0.307. The van der Waals surface area contributed by atoms with Crippen molar-refractivity contribution in [3.05, 3.63) is 36.3 Å². The first kappa shape index (κ1) is 12.4. The van der Waals surface area contributed by atoms with Crippen LogP contribution in [0.15, 0.2) is 30.6 Å². The van der Waals surface area contributed by atoms with Crippen LogP contribution in [0.1, 0.15) is 12.1 Å². The Labute approximate surface area is 110 Å². The first-order valence-electron chi connectivity index (χ1n) is 5.60. The van der Waals surface area contributed by atoms with Gasteiger partial charge < -0.3 is 11.1 Å². The van der Waals surface area contributed by atoms with Gasteiger partial charge in [-0.2, -0.15) is 0 Å². The predicted octanol–water partition coefficient (Wildman–Crippen LogP) is 0.809. The molecule has 0 aliphatic rings. The summed E-state index contributed by atoms with van der Waals surface area (Å²) >= 11 is 4.88. The number of nitrogens with two attached hydrogens (primary N) is 1. The van der Waals surface area contributed by atoms with Crippen molar-refractivity contribution in [1.82, 2.24) is 20.0 Å². The van der Waals surface area contributed by atoms with Crippen LogP contribution in [-0.2, 0) is 6.54 Å². The zero-order valence-corrected chi connectivity index (χ0v) is 10.6. The van der Waals surface area contributed by atoms with Crippen LogP contribution < -0.4 is 11.1 Å². The van der Waals surface area contributed by atoms with Crippen molar-refractivity contribution in [2.24, 2.45) is 5.73 Å². The molecule has 2 heterocycles. The maximum absolute atomic E-state index is 5.52. The van der Waals surface area contributed by atoms with Gasteiger partial charge in [-0.15, -0.1) is 5.10 Å². The molecule has 2 rings (SSSR count). The van der Waals surface area contributed by atoms with Crippen molar-refractivity contribution < 1.29 is 0 Å². The van der Waals surface area contributed by atoms with Gasteiger partial charge in [-0.05, 0) is 18.6 Å². The number of aromatic nitrogens is 4. The molecule has 3 N–H and O–H groups in total. The highest BCUT2D eigenvalue weighted by Crippen LogP contribution is 2.04. The largest absolute Gasteiger partial charge is 0.388 e. The summed E-state index contributed by atoms with van der Waals surface area (Å²) < 4.78 is 1.79. The van der Waals surface area contributed by atoms with E-state index in [1.165, 1.54) is 0 Å². The fourth-order valence-electron chi connectivity index (χ4n) is 1.48. The van der Waals surface area contributed by atoms with Gasteiger partial charge >= 0.3 is 0 Å². The number of nitrogens with one attached hydrogen (secondary N) is 1. The third kappa shape index (κ3) is 3.49. The Hall–Kier alpha value is -2.02. The lowest BCUT2D eigenvalue weighted by atomic mass is 10.3. The van der Waals surface area contributed by atoms with Gasteiger partial charge in [0, 0.05) is 19.3 Å². The van der Waals surface area contributed by atoms with Crippen LogP contribution in [0.25, 0.3) is 0 Å². The summed E-state index contributed by atoms with van der Waals surface area (Å²) in [6.45, 7) is 1.62. The molecule has 0 saturated heterocycles. The Morgan fingerprint density at radius 1 is 1.44 bits per heavy atom. The third-order valence-electron chi connectivity index (χ3n) is 2.34. The van der Waals surface area contributed by atoms with Gasteiger partial charge in [-0.1, -0.05) is 23.5 Å². The molecule has 0 bridgehead atoms. The lowest BCUT2D eigenvalue weighted by Gasteiger charge is -2.06. The second kappa shape index (κ2) is 6.06.